The van der Waals surface area contributed by atoms with Crippen molar-refractivity contribution in [3.05, 3.63) is 0 Å². The number of imide groups is 1. The molecule has 2 N–H and O–H groups in total. The van der Waals surface area contributed by atoms with Gasteiger partial charge in [-0.3, -0.25) is 10.1 Å². The minimum atomic E-state index is -0.475. The molecule has 0 bridgehead atoms. The first-order chi connectivity index (χ1) is 5.40. The molecule has 13 heavy (non-hydrogen) atoms. The Balaban J connectivity index is -0.000000173. The van der Waals surface area contributed by atoms with Crippen LogP contribution in [0, 0.1) is 0 Å². The number of carbonyl (C=O) groups excluding carboxylic acids is 3. The Morgan fingerprint density at radius 2 is 1.31 bits per heavy atom. The van der Waals surface area contributed by atoms with Gasteiger partial charge in [-0.1, -0.05) is 7.43 Å². The van der Waals surface area contributed by atoms with Crippen LogP contribution in [0.4, 0.5) is 4.79 Å². The second kappa shape index (κ2) is 10.6. The largest absolute Gasteiger partial charge is 0.341 e. The summed E-state index contributed by atoms with van der Waals surface area (Å²) in [6.07, 6.45) is 0. The lowest BCUT2D eigenvalue weighted by atomic mass is 10.6. The van der Waals surface area contributed by atoms with Crippen LogP contribution in [0.3, 0.4) is 0 Å². The fraction of sp³-hybridized carbons (Fsp3) is 0.625. The van der Waals surface area contributed by atoms with E-state index in [1.54, 1.807) is 0 Å². The lowest BCUT2D eigenvalue weighted by Gasteiger charge is -1.95. The summed E-state index contributed by atoms with van der Waals surface area (Å²) >= 11 is 0. The van der Waals surface area contributed by atoms with E-state index in [9.17, 15) is 14.4 Å². The Labute approximate surface area is 78.9 Å². The maximum atomic E-state index is 10.2. The predicted molar refractivity (Wildman–Crippen MR) is 51.4 cm³/mol. The number of hydrogen-bond donors (Lipinski definition) is 2. The summed E-state index contributed by atoms with van der Waals surface area (Å²) in [5.41, 5.74) is 0. The molecule has 0 fully saturated rings. The lowest BCUT2D eigenvalue weighted by molar-refractivity contribution is -0.118. The van der Waals surface area contributed by atoms with Gasteiger partial charge < -0.3 is 10.1 Å². The van der Waals surface area contributed by atoms with Gasteiger partial charge in [0.1, 0.15) is 5.78 Å². The van der Waals surface area contributed by atoms with Crippen molar-refractivity contribution in [2.24, 2.45) is 0 Å². The SMILES string of the molecule is C.CC(C)=O.CNC(=O)NC(C)=O. The van der Waals surface area contributed by atoms with Gasteiger partial charge in [0.2, 0.25) is 5.91 Å². The molecule has 0 aliphatic carbocycles. The summed E-state index contributed by atoms with van der Waals surface area (Å²) in [5, 5.41) is 4.23. The van der Waals surface area contributed by atoms with Crippen molar-refractivity contribution in [3.63, 3.8) is 0 Å². The number of rotatable bonds is 0. The van der Waals surface area contributed by atoms with Crippen LogP contribution in [0.2, 0.25) is 0 Å². The molecule has 0 unspecified atom stereocenters. The zero-order valence-electron chi connectivity index (χ0n) is 7.72. The zero-order chi connectivity index (χ0) is 10.1. The first-order valence-electron chi connectivity index (χ1n) is 3.36. The molecule has 0 saturated heterocycles. The number of urea groups is 1. The van der Waals surface area contributed by atoms with Gasteiger partial charge in [-0.05, 0) is 13.8 Å². The van der Waals surface area contributed by atoms with E-state index in [-0.39, 0.29) is 19.1 Å². The highest BCUT2D eigenvalue weighted by Crippen LogP contribution is 1.60. The van der Waals surface area contributed by atoms with Gasteiger partial charge in [0.05, 0.1) is 0 Å². The van der Waals surface area contributed by atoms with Crippen molar-refractivity contribution in [2.45, 2.75) is 28.2 Å². The Morgan fingerprint density at radius 1 is 1.00 bits per heavy atom. The first-order valence-corrected chi connectivity index (χ1v) is 3.36. The maximum absolute atomic E-state index is 10.2. The van der Waals surface area contributed by atoms with E-state index in [0.717, 1.165) is 0 Å². The molecule has 0 saturated carbocycles. The van der Waals surface area contributed by atoms with E-state index >= 15 is 0 Å². The zero-order valence-corrected chi connectivity index (χ0v) is 7.72. The second-order valence-corrected chi connectivity index (χ2v) is 2.17. The number of amides is 3. The van der Waals surface area contributed by atoms with Crippen LogP contribution in [-0.4, -0.2) is 24.8 Å². The van der Waals surface area contributed by atoms with Gasteiger partial charge >= 0.3 is 6.03 Å². The van der Waals surface area contributed by atoms with Gasteiger partial charge in [-0.2, -0.15) is 0 Å². The van der Waals surface area contributed by atoms with Crippen LogP contribution in [0.25, 0.3) is 0 Å². The van der Waals surface area contributed by atoms with E-state index in [4.69, 9.17) is 0 Å². The molecule has 0 aromatic heterocycles. The minimum absolute atomic E-state index is 0. The molecular weight excluding hydrogens is 172 g/mol. The molecule has 0 rings (SSSR count). The number of nitrogens with one attached hydrogen (secondary N) is 2. The van der Waals surface area contributed by atoms with Crippen LogP contribution in [0.15, 0.2) is 0 Å². The van der Waals surface area contributed by atoms with Crippen molar-refractivity contribution in [1.82, 2.24) is 10.6 Å². The molecule has 0 aliphatic heterocycles. The predicted octanol–water partition coefficient (Wildman–Crippen LogP) is 0.693. The van der Waals surface area contributed by atoms with Crippen LogP contribution >= 0.6 is 0 Å². The Bertz CT molecular complexity index is 174. The summed E-state index contributed by atoms with van der Waals surface area (Å²) in [4.78, 5) is 29.7. The minimum Gasteiger partial charge on any atom is -0.341 e. The second-order valence-electron chi connectivity index (χ2n) is 2.17. The molecule has 0 aliphatic rings. The van der Waals surface area contributed by atoms with Gasteiger partial charge in [-0.15, -0.1) is 0 Å². The third-order valence-electron chi connectivity index (χ3n) is 0.517. The van der Waals surface area contributed by atoms with E-state index < -0.39 is 6.03 Å². The summed E-state index contributed by atoms with van der Waals surface area (Å²) in [6, 6.07) is -0.475. The Morgan fingerprint density at radius 3 is 1.38 bits per heavy atom. The smallest absolute Gasteiger partial charge is 0.321 e. The normalized spacial score (nSPS) is 6.77. The first kappa shape index (κ1) is 17.6. The van der Waals surface area contributed by atoms with E-state index in [1.807, 2.05) is 5.32 Å². The van der Waals surface area contributed by atoms with Crippen LogP contribution in [0.1, 0.15) is 28.2 Å². The molecule has 0 spiro atoms. The molecule has 5 nitrogen and oxygen atoms in total. The van der Waals surface area contributed by atoms with Crippen LogP contribution in [-0.2, 0) is 9.59 Å². The molecule has 0 aromatic carbocycles. The van der Waals surface area contributed by atoms with E-state index in [2.05, 4.69) is 5.32 Å². The molecule has 78 valence electrons. The van der Waals surface area contributed by atoms with Gasteiger partial charge in [0.15, 0.2) is 0 Å². The van der Waals surface area contributed by atoms with Gasteiger partial charge in [-0.25, -0.2) is 4.79 Å². The highest BCUT2D eigenvalue weighted by atomic mass is 16.2. The monoisotopic (exact) mass is 190 g/mol. The highest BCUT2D eigenvalue weighted by molar-refractivity contribution is 5.92. The molecule has 5 heteroatoms. The molecular formula is C8H18N2O3. The Kier molecular flexibility index (Phi) is 14.4. The maximum Gasteiger partial charge on any atom is 0.321 e. The number of ketones is 1. The standard InChI is InChI=1S/C4H8N2O2.C3H6O.CH4/c1-3(7)6-4(8)5-2;1-3(2)4;/h1-2H3,(H2,5,6,7,8);1-2H3;1H4. The Hall–Kier alpha value is -1.39. The average Bonchev–Trinajstić information content (AvgIpc) is 1.84. The molecule has 3 amide bonds. The molecule has 0 atom stereocenters. The summed E-state index contributed by atoms with van der Waals surface area (Å²) < 4.78 is 0. The topological polar surface area (TPSA) is 75.3 Å². The average molecular weight is 190 g/mol. The van der Waals surface area contributed by atoms with Crippen molar-refractivity contribution in [2.75, 3.05) is 7.05 Å². The van der Waals surface area contributed by atoms with Crippen molar-refractivity contribution in [3.8, 4) is 0 Å². The van der Waals surface area contributed by atoms with Crippen LogP contribution in [0.5, 0.6) is 0 Å². The number of Topliss-reactive ketones (excluding diaryl/α,β-unsaturated/α-hetero) is 1. The summed E-state index contributed by atoms with van der Waals surface area (Å²) in [7, 11) is 1.44. The molecule has 0 radical (unpaired) electrons. The fourth-order valence-electron chi connectivity index (χ4n) is 0.222. The van der Waals surface area contributed by atoms with Gasteiger partial charge in [0.25, 0.3) is 0 Å². The number of carbonyl (C=O) groups is 3. The lowest BCUT2D eigenvalue weighted by Crippen LogP contribution is -2.35. The van der Waals surface area contributed by atoms with Crippen molar-refractivity contribution < 1.29 is 14.4 Å². The fourth-order valence-corrected chi connectivity index (χ4v) is 0.222. The molecule has 0 aromatic rings. The van der Waals surface area contributed by atoms with Crippen LogP contribution < -0.4 is 10.6 Å². The number of hydrogen-bond acceptors (Lipinski definition) is 3. The highest BCUT2D eigenvalue weighted by Gasteiger charge is 1.95. The third kappa shape index (κ3) is 37.0. The van der Waals surface area contributed by atoms with E-state index in [0.29, 0.717) is 0 Å². The van der Waals surface area contributed by atoms with E-state index in [1.165, 1.54) is 27.8 Å². The van der Waals surface area contributed by atoms with Crippen molar-refractivity contribution in [1.29, 1.82) is 0 Å². The summed E-state index contributed by atoms with van der Waals surface area (Å²) in [6.45, 7) is 4.33. The molecule has 0 heterocycles. The van der Waals surface area contributed by atoms with Gasteiger partial charge in [0, 0.05) is 14.0 Å². The van der Waals surface area contributed by atoms with Crippen molar-refractivity contribution >= 4 is 17.7 Å². The summed E-state index contributed by atoms with van der Waals surface area (Å²) in [5.74, 6) is -0.190. The third-order valence-corrected chi connectivity index (χ3v) is 0.517. The quantitative estimate of drug-likeness (QED) is 0.590.